The Balaban J connectivity index is 1.67. The van der Waals surface area contributed by atoms with Gasteiger partial charge in [0.25, 0.3) is 5.91 Å². The molecular formula is C24H20FNO3. The minimum Gasteiger partial charge on any atom is -0.375 e. The standard InChI is InChI=1S/C24H20FNO3/c1-16-9-11-18(12-10-16)22(27)14-24(29)20-7-2-3-8-21(20)26(23(24)28)15-17-5-4-6-19(25)13-17/h2-13,29H,14-15H2,1H3/t24-/m0/s1. The second-order valence-electron chi connectivity index (χ2n) is 7.36. The van der Waals surface area contributed by atoms with E-state index in [1.165, 1.54) is 17.0 Å². The summed E-state index contributed by atoms with van der Waals surface area (Å²) < 4.78 is 13.6. The number of ketones is 1. The van der Waals surface area contributed by atoms with Crippen LogP contribution in [-0.4, -0.2) is 16.8 Å². The zero-order valence-corrected chi connectivity index (χ0v) is 15.9. The fourth-order valence-electron chi connectivity index (χ4n) is 3.73. The largest absolute Gasteiger partial charge is 0.375 e. The summed E-state index contributed by atoms with van der Waals surface area (Å²) in [7, 11) is 0. The van der Waals surface area contributed by atoms with E-state index in [1.807, 2.05) is 19.1 Å². The number of aliphatic hydroxyl groups is 1. The van der Waals surface area contributed by atoms with Crippen molar-refractivity contribution in [1.29, 1.82) is 0 Å². The summed E-state index contributed by atoms with van der Waals surface area (Å²) in [6, 6.07) is 19.9. The van der Waals surface area contributed by atoms with Crippen molar-refractivity contribution >= 4 is 17.4 Å². The zero-order valence-electron chi connectivity index (χ0n) is 15.9. The highest BCUT2D eigenvalue weighted by molar-refractivity contribution is 6.10. The maximum Gasteiger partial charge on any atom is 0.264 e. The van der Waals surface area contributed by atoms with E-state index >= 15 is 0 Å². The lowest BCUT2D eigenvalue weighted by Crippen LogP contribution is -2.41. The fourth-order valence-corrected chi connectivity index (χ4v) is 3.73. The fraction of sp³-hybridized carbons (Fsp3) is 0.167. The van der Waals surface area contributed by atoms with E-state index in [1.54, 1.807) is 48.5 Å². The highest BCUT2D eigenvalue weighted by Gasteiger charge is 2.50. The van der Waals surface area contributed by atoms with Gasteiger partial charge in [-0.1, -0.05) is 60.2 Å². The van der Waals surface area contributed by atoms with Gasteiger partial charge in [0.1, 0.15) is 5.82 Å². The molecule has 0 radical (unpaired) electrons. The molecule has 0 bridgehead atoms. The maximum absolute atomic E-state index is 13.6. The molecule has 3 aromatic carbocycles. The molecule has 1 heterocycles. The van der Waals surface area contributed by atoms with E-state index in [-0.39, 0.29) is 18.7 Å². The third-order valence-electron chi connectivity index (χ3n) is 5.26. The molecule has 4 nitrogen and oxygen atoms in total. The quantitative estimate of drug-likeness (QED) is 0.667. The Labute approximate surface area is 168 Å². The average molecular weight is 389 g/mol. The van der Waals surface area contributed by atoms with Gasteiger partial charge in [0.05, 0.1) is 18.7 Å². The van der Waals surface area contributed by atoms with Gasteiger partial charge >= 0.3 is 0 Å². The Morgan fingerprint density at radius 2 is 1.76 bits per heavy atom. The van der Waals surface area contributed by atoms with Gasteiger partial charge in [-0.3, -0.25) is 9.59 Å². The maximum atomic E-state index is 13.6. The molecule has 0 aliphatic carbocycles. The number of nitrogens with zero attached hydrogens (tertiary/aromatic N) is 1. The minimum atomic E-state index is -1.95. The molecule has 0 unspecified atom stereocenters. The number of anilines is 1. The third kappa shape index (κ3) is 3.45. The molecule has 1 aliphatic rings. The Hall–Kier alpha value is -3.31. The molecule has 1 amide bonds. The molecule has 1 N–H and O–H groups in total. The Bertz CT molecular complexity index is 1090. The number of aryl methyl sites for hydroxylation is 1. The number of rotatable bonds is 5. The van der Waals surface area contributed by atoms with Crippen LogP contribution >= 0.6 is 0 Å². The first-order valence-electron chi connectivity index (χ1n) is 9.37. The first kappa shape index (κ1) is 19.0. The normalized spacial score (nSPS) is 18.0. The number of carbonyl (C=O) groups is 2. The number of Topliss-reactive ketones (excluding diaryl/α,β-unsaturated/α-hetero) is 1. The molecule has 146 valence electrons. The van der Waals surface area contributed by atoms with Crippen molar-refractivity contribution in [2.45, 2.75) is 25.5 Å². The molecule has 3 aromatic rings. The summed E-state index contributed by atoms with van der Waals surface area (Å²) >= 11 is 0. The van der Waals surface area contributed by atoms with Gasteiger partial charge < -0.3 is 10.0 Å². The lowest BCUT2D eigenvalue weighted by Gasteiger charge is -2.23. The van der Waals surface area contributed by atoms with Crippen molar-refractivity contribution in [3.8, 4) is 0 Å². The van der Waals surface area contributed by atoms with Crippen LogP contribution in [-0.2, 0) is 16.9 Å². The Morgan fingerprint density at radius 3 is 2.48 bits per heavy atom. The van der Waals surface area contributed by atoms with Gasteiger partial charge in [-0.05, 0) is 30.7 Å². The molecule has 29 heavy (non-hydrogen) atoms. The number of para-hydroxylation sites is 1. The number of amides is 1. The number of hydrogen-bond acceptors (Lipinski definition) is 3. The first-order chi connectivity index (χ1) is 13.9. The summed E-state index contributed by atoms with van der Waals surface area (Å²) in [6.07, 6.45) is -0.356. The molecule has 5 heteroatoms. The second-order valence-corrected chi connectivity index (χ2v) is 7.36. The Morgan fingerprint density at radius 1 is 1.03 bits per heavy atom. The average Bonchev–Trinajstić information content (AvgIpc) is 2.91. The highest BCUT2D eigenvalue weighted by Crippen LogP contribution is 2.43. The van der Waals surface area contributed by atoms with Crippen LogP contribution in [0.15, 0.2) is 72.8 Å². The monoisotopic (exact) mass is 389 g/mol. The second kappa shape index (κ2) is 7.26. The van der Waals surface area contributed by atoms with E-state index in [9.17, 15) is 19.1 Å². The van der Waals surface area contributed by atoms with Crippen molar-refractivity contribution < 1.29 is 19.1 Å². The lowest BCUT2D eigenvalue weighted by atomic mass is 9.88. The van der Waals surface area contributed by atoms with E-state index in [0.29, 0.717) is 22.4 Å². The van der Waals surface area contributed by atoms with E-state index < -0.39 is 17.3 Å². The lowest BCUT2D eigenvalue weighted by molar-refractivity contribution is -0.136. The summed E-state index contributed by atoms with van der Waals surface area (Å²) in [5.41, 5.74) is 1.03. The van der Waals surface area contributed by atoms with Crippen LogP contribution in [0.25, 0.3) is 0 Å². The van der Waals surface area contributed by atoms with Gasteiger partial charge in [0.2, 0.25) is 0 Å². The molecule has 0 saturated carbocycles. The summed E-state index contributed by atoms with van der Waals surface area (Å²) in [5.74, 6) is -1.29. The number of carbonyl (C=O) groups excluding carboxylic acids is 2. The van der Waals surface area contributed by atoms with Crippen LogP contribution in [0.1, 0.15) is 33.5 Å². The third-order valence-corrected chi connectivity index (χ3v) is 5.26. The topological polar surface area (TPSA) is 57.6 Å². The van der Waals surface area contributed by atoms with Gasteiger partial charge in [-0.25, -0.2) is 4.39 Å². The van der Waals surface area contributed by atoms with Crippen molar-refractivity contribution in [2.75, 3.05) is 4.90 Å². The van der Waals surface area contributed by atoms with E-state index in [4.69, 9.17) is 0 Å². The van der Waals surface area contributed by atoms with Crippen LogP contribution in [0.4, 0.5) is 10.1 Å². The summed E-state index contributed by atoms with van der Waals surface area (Å²) in [6.45, 7) is 2.03. The van der Waals surface area contributed by atoms with Crippen LogP contribution < -0.4 is 4.90 Å². The van der Waals surface area contributed by atoms with Crippen molar-refractivity contribution in [3.63, 3.8) is 0 Å². The minimum absolute atomic E-state index is 0.106. The predicted octanol–water partition coefficient (Wildman–Crippen LogP) is 4.14. The van der Waals surface area contributed by atoms with Crippen molar-refractivity contribution in [3.05, 3.63) is 101 Å². The van der Waals surface area contributed by atoms with Gasteiger partial charge in [0.15, 0.2) is 11.4 Å². The number of hydrogen-bond donors (Lipinski definition) is 1. The van der Waals surface area contributed by atoms with Gasteiger partial charge in [-0.2, -0.15) is 0 Å². The predicted molar refractivity (Wildman–Crippen MR) is 108 cm³/mol. The molecule has 1 aliphatic heterocycles. The van der Waals surface area contributed by atoms with Gasteiger partial charge in [0, 0.05) is 11.1 Å². The van der Waals surface area contributed by atoms with Crippen LogP contribution in [0.5, 0.6) is 0 Å². The number of benzene rings is 3. The molecule has 0 saturated heterocycles. The SMILES string of the molecule is Cc1ccc(C(=O)C[C@@]2(O)C(=O)N(Cc3cccc(F)c3)c3ccccc32)cc1. The molecular weight excluding hydrogens is 369 g/mol. The summed E-state index contributed by atoms with van der Waals surface area (Å²) in [4.78, 5) is 27.4. The molecule has 0 aromatic heterocycles. The number of halogens is 1. The van der Waals surface area contributed by atoms with E-state index in [2.05, 4.69) is 0 Å². The van der Waals surface area contributed by atoms with Crippen molar-refractivity contribution in [1.82, 2.24) is 0 Å². The molecule has 0 spiro atoms. The van der Waals surface area contributed by atoms with E-state index in [0.717, 1.165) is 5.56 Å². The van der Waals surface area contributed by atoms with Crippen LogP contribution in [0, 0.1) is 12.7 Å². The highest BCUT2D eigenvalue weighted by atomic mass is 19.1. The summed E-state index contributed by atoms with van der Waals surface area (Å²) in [5, 5.41) is 11.3. The smallest absolute Gasteiger partial charge is 0.264 e. The molecule has 1 atom stereocenters. The molecule has 0 fully saturated rings. The van der Waals surface area contributed by atoms with Crippen LogP contribution in [0.3, 0.4) is 0 Å². The van der Waals surface area contributed by atoms with Gasteiger partial charge in [-0.15, -0.1) is 0 Å². The number of fused-ring (bicyclic) bond motifs is 1. The Kier molecular flexibility index (Phi) is 4.76. The first-order valence-corrected chi connectivity index (χ1v) is 9.37. The van der Waals surface area contributed by atoms with Crippen molar-refractivity contribution in [2.24, 2.45) is 0 Å². The molecule has 4 rings (SSSR count). The van der Waals surface area contributed by atoms with Crippen LogP contribution in [0.2, 0.25) is 0 Å². The zero-order chi connectivity index (χ0) is 20.6.